The molecule has 0 saturated carbocycles. The molecule has 0 unspecified atom stereocenters. The highest BCUT2D eigenvalue weighted by Gasteiger charge is 2.07. The minimum atomic E-state index is -1.06. The Morgan fingerprint density at radius 3 is 2.44 bits per heavy atom. The van der Waals surface area contributed by atoms with E-state index in [4.69, 9.17) is 9.84 Å². The van der Waals surface area contributed by atoms with Crippen LogP contribution in [0.3, 0.4) is 0 Å². The van der Waals surface area contributed by atoms with Crippen LogP contribution in [0.5, 0.6) is 11.8 Å². The number of carboxylic acids is 1. The van der Waals surface area contributed by atoms with E-state index in [1.54, 1.807) is 0 Å². The Labute approximate surface area is 103 Å². The summed E-state index contributed by atoms with van der Waals surface area (Å²) in [4.78, 5) is 22.8. The predicted octanol–water partition coefficient (Wildman–Crippen LogP) is 1.98. The van der Waals surface area contributed by atoms with Crippen molar-refractivity contribution >= 4 is 5.97 Å². The van der Waals surface area contributed by atoms with Crippen LogP contribution in [0.15, 0.2) is 24.5 Å². The summed E-state index contributed by atoms with van der Waals surface area (Å²) >= 11 is 0. The smallest absolute Gasteiger partial charge is 0.337 e. The van der Waals surface area contributed by atoms with E-state index < -0.39 is 5.97 Å². The largest absolute Gasteiger partial charge is 0.478 e. The van der Waals surface area contributed by atoms with Crippen LogP contribution in [0.4, 0.5) is 0 Å². The summed E-state index contributed by atoms with van der Waals surface area (Å²) in [5.41, 5.74) is 1.61. The van der Waals surface area contributed by atoms with Crippen molar-refractivity contribution in [3.05, 3.63) is 41.5 Å². The summed E-state index contributed by atoms with van der Waals surface area (Å²) in [6.07, 6.45) is 2.66. The SMILES string of the molecule is Cc1cc(C)nc(Oc2cncc(C(=O)O)c2)n1. The van der Waals surface area contributed by atoms with Gasteiger partial charge in [0.05, 0.1) is 11.8 Å². The molecule has 0 aliphatic heterocycles. The quantitative estimate of drug-likeness (QED) is 0.889. The summed E-state index contributed by atoms with van der Waals surface area (Å²) in [5.74, 6) is -0.769. The first-order valence-corrected chi connectivity index (χ1v) is 5.23. The van der Waals surface area contributed by atoms with Crippen LogP contribution in [0.1, 0.15) is 21.7 Å². The van der Waals surface area contributed by atoms with Gasteiger partial charge in [0.1, 0.15) is 5.75 Å². The second-order valence-corrected chi connectivity index (χ2v) is 3.75. The number of hydrogen-bond donors (Lipinski definition) is 1. The molecule has 2 aromatic heterocycles. The highest BCUT2D eigenvalue weighted by atomic mass is 16.5. The van der Waals surface area contributed by atoms with Crippen molar-refractivity contribution in [3.63, 3.8) is 0 Å². The lowest BCUT2D eigenvalue weighted by Crippen LogP contribution is -1.99. The van der Waals surface area contributed by atoms with Crippen LogP contribution in [-0.2, 0) is 0 Å². The number of nitrogens with zero attached hydrogens (tertiary/aromatic N) is 3. The molecule has 0 bridgehead atoms. The number of aromatic nitrogens is 3. The lowest BCUT2D eigenvalue weighted by atomic mass is 10.3. The molecule has 6 nitrogen and oxygen atoms in total. The van der Waals surface area contributed by atoms with Crippen LogP contribution in [0.25, 0.3) is 0 Å². The maximum Gasteiger partial charge on any atom is 0.337 e. The highest BCUT2D eigenvalue weighted by molar-refractivity contribution is 5.87. The topological polar surface area (TPSA) is 85.2 Å². The lowest BCUT2D eigenvalue weighted by Gasteiger charge is -2.05. The van der Waals surface area contributed by atoms with Crippen LogP contribution >= 0.6 is 0 Å². The third kappa shape index (κ3) is 2.79. The fourth-order valence-electron chi connectivity index (χ4n) is 1.44. The highest BCUT2D eigenvalue weighted by Crippen LogP contribution is 2.18. The van der Waals surface area contributed by atoms with Gasteiger partial charge in [-0.3, -0.25) is 4.98 Å². The Bertz CT molecular complexity index is 579. The molecule has 2 rings (SSSR count). The Hall–Kier alpha value is -2.50. The molecule has 0 amide bonds. The molecule has 0 atom stereocenters. The predicted molar refractivity (Wildman–Crippen MR) is 62.8 cm³/mol. The summed E-state index contributed by atoms with van der Waals surface area (Å²) in [7, 11) is 0. The fourth-order valence-corrected chi connectivity index (χ4v) is 1.44. The molecule has 0 aliphatic rings. The van der Waals surface area contributed by atoms with Crippen molar-refractivity contribution in [2.45, 2.75) is 13.8 Å². The molecular weight excluding hydrogens is 234 g/mol. The number of hydrogen-bond acceptors (Lipinski definition) is 5. The number of carboxylic acid groups (broad SMARTS) is 1. The van der Waals surface area contributed by atoms with E-state index >= 15 is 0 Å². The molecule has 0 spiro atoms. The number of carbonyl (C=O) groups is 1. The molecule has 0 aromatic carbocycles. The Morgan fingerprint density at radius 1 is 1.17 bits per heavy atom. The first-order valence-electron chi connectivity index (χ1n) is 5.23. The van der Waals surface area contributed by atoms with E-state index in [1.807, 2.05) is 19.9 Å². The molecule has 2 heterocycles. The Morgan fingerprint density at radius 2 is 1.83 bits per heavy atom. The standard InChI is InChI=1S/C12H11N3O3/c1-7-3-8(2)15-12(14-7)18-10-4-9(11(16)17)5-13-6-10/h3-6H,1-2H3,(H,16,17). The fraction of sp³-hybridized carbons (Fsp3) is 0.167. The Kier molecular flexibility index (Phi) is 3.18. The minimum absolute atomic E-state index is 0.0527. The minimum Gasteiger partial charge on any atom is -0.478 e. The molecule has 6 heteroatoms. The summed E-state index contributed by atoms with van der Waals surface area (Å²) in [6.45, 7) is 3.65. The molecule has 0 saturated heterocycles. The lowest BCUT2D eigenvalue weighted by molar-refractivity contribution is 0.0696. The number of aryl methyl sites for hydroxylation is 2. The van der Waals surface area contributed by atoms with Gasteiger partial charge in [0.15, 0.2) is 0 Å². The Balaban J connectivity index is 2.28. The first-order chi connectivity index (χ1) is 8.54. The summed E-state index contributed by atoms with van der Waals surface area (Å²) in [5, 5.41) is 8.84. The van der Waals surface area contributed by atoms with Crippen LogP contribution in [-0.4, -0.2) is 26.0 Å². The third-order valence-electron chi connectivity index (χ3n) is 2.13. The molecule has 18 heavy (non-hydrogen) atoms. The number of ether oxygens (including phenoxy) is 1. The number of rotatable bonds is 3. The molecule has 2 aromatic rings. The first kappa shape index (κ1) is 12.0. The maximum atomic E-state index is 10.8. The van der Waals surface area contributed by atoms with Crippen molar-refractivity contribution in [1.29, 1.82) is 0 Å². The van der Waals surface area contributed by atoms with Gasteiger partial charge in [-0.2, -0.15) is 0 Å². The average molecular weight is 245 g/mol. The van der Waals surface area contributed by atoms with Gasteiger partial charge < -0.3 is 9.84 Å². The van der Waals surface area contributed by atoms with E-state index in [1.165, 1.54) is 18.5 Å². The van der Waals surface area contributed by atoms with Crippen LogP contribution in [0.2, 0.25) is 0 Å². The van der Waals surface area contributed by atoms with Crippen molar-refractivity contribution in [3.8, 4) is 11.8 Å². The van der Waals surface area contributed by atoms with Gasteiger partial charge in [-0.15, -0.1) is 0 Å². The normalized spacial score (nSPS) is 10.1. The van der Waals surface area contributed by atoms with E-state index in [0.717, 1.165) is 11.4 Å². The van der Waals surface area contributed by atoms with Crippen molar-refractivity contribution < 1.29 is 14.6 Å². The second-order valence-electron chi connectivity index (χ2n) is 3.75. The molecule has 1 N–H and O–H groups in total. The van der Waals surface area contributed by atoms with Gasteiger partial charge in [0.25, 0.3) is 0 Å². The zero-order valence-corrected chi connectivity index (χ0v) is 9.91. The molecular formula is C12H11N3O3. The monoisotopic (exact) mass is 245 g/mol. The number of aromatic carboxylic acids is 1. The zero-order valence-electron chi connectivity index (χ0n) is 9.91. The van der Waals surface area contributed by atoms with E-state index in [9.17, 15) is 4.79 Å². The summed E-state index contributed by atoms with van der Waals surface area (Å²) < 4.78 is 5.38. The second kappa shape index (κ2) is 4.79. The molecule has 0 aliphatic carbocycles. The van der Waals surface area contributed by atoms with Crippen molar-refractivity contribution in [2.24, 2.45) is 0 Å². The van der Waals surface area contributed by atoms with Crippen LogP contribution < -0.4 is 4.74 Å². The average Bonchev–Trinajstić information content (AvgIpc) is 2.27. The third-order valence-corrected chi connectivity index (χ3v) is 2.13. The van der Waals surface area contributed by atoms with Gasteiger partial charge in [-0.1, -0.05) is 0 Å². The summed E-state index contributed by atoms with van der Waals surface area (Å²) in [6, 6.07) is 3.37. The van der Waals surface area contributed by atoms with Gasteiger partial charge in [0, 0.05) is 17.6 Å². The van der Waals surface area contributed by atoms with Crippen LogP contribution in [0, 0.1) is 13.8 Å². The van der Waals surface area contributed by atoms with Gasteiger partial charge in [-0.25, -0.2) is 14.8 Å². The van der Waals surface area contributed by atoms with E-state index in [0.29, 0.717) is 5.75 Å². The van der Waals surface area contributed by atoms with Gasteiger partial charge in [-0.05, 0) is 26.0 Å². The van der Waals surface area contributed by atoms with Gasteiger partial charge in [0.2, 0.25) is 0 Å². The van der Waals surface area contributed by atoms with Gasteiger partial charge >= 0.3 is 12.0 Å². The maximum absolute atomic E-state index is 10.8. The van der Waals surface area contributed by atoms with E-state index in [2.05, 4.69) is 15.0 Å². The zero-order chi connectivity index (χ0) is 13.1. The van der Waals surface area contributed by atoms with E-state index in [-0.39, 0.29) is 11.6 Å². The molecule has 0 radical (unpaired) electrons. The van der Waals surface area contributed by atoms with Crippen molar-refractivity contribution in [2.75, 3.05) is 0 Å². The molecule has 92 valence electrons. The number of pyridine rings is 1. The molecule has 0 fully saturated rings. The van der Waals surface area contributed by atoms with Crippen molar-refractivity contribution in [1.82, 2.24) is 15.0 Å².